The molecule has 0 unspecified atom stereocenters. The molecule has 1 aromatic carbocycles. The summed E-state index contributed by atoms with van der Waals surface area (Å²) >= 11 is 1.73. The Labute approximate surface area is 148 Å². The van der Waals surface area contributed by atoms with Gasteiger partial charge in [-0.05, 0) is 36.3 Å². The molecule has 0 bridgehead atoms. The lowest BCUT2D eigenvalue weighted by atomic mass is 10.0. The third-order valence-electron chi connectivity index (χ3n) is 4.59. The molecular weight excluding hydrogens is 318 g/mol. The molecule has 2 heterocycles. The Bertz CT molecular complexity index is 618. The van der Waals surface area contributed by atoms with E-state index in [1.165, 1.54) is 10.4 Å². The molecule has 1 fully saturated rings. The highest BCUT2D eigenvalue weighted by molar-refractivity contribution is 7.09. The van der Waals surface area contributed by atoms with Crippen LogP contribution in [0.5, 0.6) is 0 Å². The third kappa shape index (κ3) is 4.68. The second kappa shape index (κ2) is 8.45. The first-order valence-electron chi connectivity index (χ1n) is 8.69. The van der Waals surface area contributed by atoms with Crippen molar-refractivity contribution in [2.45, 2.75) is 38.9 Å². The maximum Gasteiger partial charge on any atom is 0.225 e. The molecule has 1 aromatic heterocycles. The van der Waals surface area contributed by atoms with Crippen molar-refractivity contribution in [3.8, 4) is 0 Å². The van der Waals surface area contributed by atoms with Crippen molar-refractivity contribution >= 4 is 17.2 Å². The fourth-order valence-corrected chi connectivity index (χ4v) is 4.00. The normalized spacial score (nSPS) is 17.0. The molecule has 4 heteroatoms. The monoisotopic (exact) mass is 343 g/mol. The highest BCUT2D eigenvalue weighted by Crippen LogP contribution is 2.20. The van der Waals surface area contributed by atoms with Crippen molar-refractivity contribution in [3.05, 3.63) is 58.3 Å². The zero-order chi connectivity index (χ0) is 16.8. The molecule has 1 atom stereocenters. The topological polar surface area (TPSA) is 29.5 Å². The van der Waals surface area contributed by atoms with Gasteiger partial charge in [-0.1, -0.05) is 43.3 Å². The second-order valence-corrected chi connectivity index (χ2v) is 7.54. The van der Waals surface area contributed by atoms with E-state index in [9.17, 15) is 4.79 Å². The molecule has 2 aromatic rings. The molecule has 24 heavy (non-hydrogen) atoms. The van der Waals surface area contributed by atoms with Crippen molar-refractivity contribution in [2.24, 2.45) is 5.92 Å². The van der Waals surface area contributed by atoms with Crippen LogP contribution in [-0.2, 0) is 22.6 Å². The zero-order valence-electron chi connectivity index (χ0n) is 14.2. The Balaban J connectivity index is 1.42. The van der Waals surface area contributed by atoms with Crippen molar-refractivity contribution in [3.63, 3.8) is 0 Å². The van der Waals surface area contributed by atoms with Crippen molar-refractivity contribution in [2.75, 3.05) is 13.1 Å². The van der Waals surface area contributed by atoms with Gasteiger partial charge in [0.15, 0.2) is 0 Å². The van der Waals surface area contributed by atoms with Gasteiger partial charge in [0, 0.05) is 23.9 Å². The van der Waals surface area contributed by atoms with E-state index in [4.69, 9.17) is 4.74 Å². The van der Waals surface area contributed by atoms with Crippen LogP contribution in [0.4, 0.5) is 0 Å². The number of carbonyl (C=O) groups is 1. The number of ether oxygens (including phenoxy) is 1. The van der Waals surface area contributed by atoms with Gasteiger partial charge in [-0.15, -0.1) is 11.3 Å². The predicted molar refractivity (Wildman–Crippen MR) is 98.0 cm³/mol. The summed E-state index contributed by atoms with van der Waals surface area (Å²) in [4.78, 5) is 15.9. The van der Waals surface area contributed by atoms with Gasteiger partial charge >= 0.3 is 0 Å². The smallest absolute Gasteiger partial charge is 0.225 e. The van der Waals surface area contributed by atoms with Crippen LogP contribution in [0.15, 0.2) is 47.8 Å². The van der Waals surface area contributed by atoms with Crippen LogP contribution in [0.3, 0.4) is 0 Å². The number of likely N-dealkylation sites (tertiary alicyclic amines) is 1. The first kappa shape index (κ1) is 17.2. The maximum atomic E-state index is 12.6. The number of benzene rings is 1. The first-order valence-corrected chi connectivity index (χ1v) is 9.57. The standard InChI is InChI=1S/C20H25NO2S/c1-16(14-19-8-5-13-24-19)20(22)21-11-9-18(10-12-21)23-15-17-6-3-2-4-7-17/h2-8,13,16,18H,9-12,14-15H2,1H3/t16-/m0/s1. The number of rotatable bonds is 6. The minimum absolute atomic E-state index is 0.0606. The number of carbonyl (C=O) groups excluding carboxylic acids is 1. The summed E-state index contributed by atoms with van der Waals surface area (Å²) in [5.41, 5.74) is 1.21. The van der Waals surface area contributed by atoms with Crippen LogP contribution in [0.1, 0.15) is 30.2 Å². The van der Waals surface area contributed by atoms with Gasteiger partial charge in [0.05, 0.1) is 12.7 Å². The fourth-order valence-electron chi connectivity index (χ4n) is 3.16. The van der Waals surface area contributed by atoms with E-state index in [0.717, 1.165) is 32.4 Å². The van der Waals surface area contributed by atoms with Crippen LogP contribution in [-0.4, -0.2) is 30.0 Å². The Morgan fingerprint density at radius 1 is 1.21 bits per heavy atom. The average Bonchev–Trinajstić information content (AvgIpc) is 3.13. The lowest BCUT2D eigenvalue weighted by Gasteiger charge is -2.33. The van der Waals surface area contributed by atoms with E-state index in [0.29, 0.717) is 6.61 Å². The number of hydrogen-bond acceptors (Lipinski definition) is 3. The number of hydrogen-bond donors (Lipinski definition) is 0. The number of amides is 1. The summed E-state index contributed by atoms with van der Waals surface area (Å²) in [6.07, 6.45) is 2.98. The molecule has 1 saturated heterocycles. The van der Waals surface area contributed by atoms with E-state index < -0.39 is 0 Å². The number of thiophene rings is 1. The summed E-state index contributed by atoms with van der Waals surface area (Å²) in [6, 6.07) is 14.4. The second-order valence-electron chi connectivity index (χ2n) is 6.51. The predicted octanol–water partition coefficient (Wildman–Crippen LogP) is 4.13. The maximum absolute atomic E-state index is 12.6. The van der Waals surface area contributed by atoms with Crippen LogP contribution >= 0.6 is 11.3 Å². The Morgan fingerprint density at radius 2 is 1.96 bits per heavy atom. The summed E-state index contributed by atoms with van der Waals surface area (Å²) in [5, 5.41) is 2.07. The molecule has 0 spiro atoms. The number of nitrogens with zero attached hydrogens (tertiary/aromatic N) is 1. The SMILES string of the molecule is C[C@@H](Cc1cccs1)C(=O)N1CCC(OCc2ccccc2)CC1. The minimum Gasteiger partial charge on any atom is -0.373 e. The highest BCUT2D eigenvalue weighted by Gasteiger charge is 2.26. The van der Waals surface area contributed by atoms with Crippen LogP contribution < -0.4 is 0 Å². The van der Waals surface area contributed by atoms with Crippen LogP contribution in [0, 0.1) is 5.92 Å². The molecule has 1 amide bonds. The van der Waals surface area contributed by atoms with Crippen molar-refractivity contribution in [1.82, 2.24) is 4.90 Å². The van der Waals surface area contributed by atoms with Gasteiger partial charge < -0.3 is 9.64 Å². The zero-order valence-corrected chi connectivity index (χ0v) is 15.0. The molecule has 0 saturated carbocycles. The molecule has 1 aliphatic heterocycles. The van der Waals surface area contributed by atoms with Gasteiger partial charge in [0.1, 0.15) is 0 Å². The largest absolute Gasteiger partial charge is 0.373 e. The van der Waals surface area contributed by atoms with E-state index in [-0.39, 0.29) is 17.9 Å². The molecule has 3 rings (SSSR count). The minimum atomic E-state index is 0.0606. The van der Waals surface area contributed by atoms with Gasteiger partial charge in [0.2, 0.25) is 5.91 Å². The van der Waals surface area contributed by atoms with Gasteiger partial charge in [-0.25, -0.2) is 0 Å². The molecule has 0 N–H and O–H groups in total. The van der Waals surface area contributed by atoms with Gasteiger partial charge in [0.25, 0.3) is 0 Å². The summed E-state index contributed by atoms with van der Waals surface area (Å²) in [5.74, 6) is 0.343. The molecular formula is C20H25NO2S. The summed E-state index contributed by atoms with van der Waals surface area (Å²) in [6.45, 7) is 4.33. The molecule has 128 valence electrons. The first-order chi connectivity index (χ1) is 11.7. The van der Waals surface area contributed by atoms with Crippen molar-refractivity contribution < 1.29 is 9.53 Å². The fraction of sp³-hybridized carbons (Fsp3) is 0.450. The lowest BCUT2D eigenvalue weighted by molar-refractivity contribution is -0.137. The quantitative estimate of drug-likeness (QED) is 0.789. The Morgan fingerprint density at radius 3 is 2.62 bits per heavy atom. The van der Waals surface area contributed by atoms with E-state index >= 15 is 0 Å². The van der Waals surface area contributed by atoms with E-state index in [2.05, 4.69) is 23.6 Å². The van der Waals surface area contributed by atoms with Crippen molar-refractivity contribution in [1.29, 1.82) is 0 Å². The third-order valence-corrected chi connectivity index (χ3v) is 5.49. The van der Waals surface area contributed by atoms with E-state index in [1.54, 1.807) is 11.3 Å². The molecule has 0 radical (unpaired) electrons. The van der Waals surface area contributed by atoms with Gasteiger partial charge in [-0.2, -0.15) is 0 Å². The summed E-state index contributed by atoms with van der Waals surface area (Å²) < 4.78 is 6.01. The van der Waals surface area contributed by atoms with Crippen LogP contribution in [0.25, 0.3) is 0 Å². The Kier molecular flexibility index (Phi) is 6.05. The Hall–Kier alpha value is -1.65. The average molecular weight is 343 g/mol. The molecule has 0 aliphatic carbocycles. The van der Waals surface area contributed by atoms with Gasteiger partial charge in [-0.3, -0.25) is 4.79 Å². The summed E-state index contributed by atoms with van der Waals surface area (Å²) in [7, 11) is 0. The molecule has 1 aliphatic rings. The van der Waals surface area contributed by atoms with Crippen LogP contribution in [0.2, 0.25) is 0 Å². The van der Waals surface area contributed by atoms with E-state index in [1.807, 2.05) is 36.1 Å². The number of piperidine rings is 1. The molecule has 3 nitrogen and oxygen atoms in total. The highest BCUT2D eigenvalue weighted by atomic mass is 32.1. The lowest BCUT2D eigenvalue weighted by Crippen LogP contribution is -2.43.